The maximum Gasteiger partial charge on any atom is 0.221 e. The molecule has 0 unspecified atom stereocenters. The van der Waals surface area contributed by atoms with Crippen LogP contribution in [0, 0.1) is 13.8 Å². The summed E-state index contributed by atoms with van der Waals surface area (Å²) in [5, 5.41) is 13.6. The predicted octanol–water partition coefficient (Wildman–Crippen LogP) is 4.14. The van der Waals surface area contributed by atoms with E-state index in [2.05, 4.69) is 42.3 Å². The van der Waals surface area contributed by atoms with Gasteiger partial charge in [-0.05, 0) is 67.6 Å². The molecule has 0 saturated carbocycles. The molecule has 1 aliphatic rings. The SMILES string of the molecule is COc1ccc([C@H](O)CN2CCC[C@@H]2c2ccc(C)c(C)c2)cc1NC(C)=O. The minimum Gasteiger partial charge on any atom is -0.495 e. The number of hydrogen-bond acceptors (Lipinski definition) is 4. The quantitative estimate of drug-likeness (QED) is 0.788. The van der Waals surface area contributed by atoms with Crippen LogP contribution in [-0.4, -0.2) is 36.1 Å². The van der Waals surface area contributed by atoms with Gasteiger partial charge in [-0.1, -0.05) is 24.3 Å². The van der Waals surface area contributed by atoms with Crippen LogP contribution in [0.25, 0.3) is 0 Å². The number of carbonyl (C=O) groups is 1. The van der Waals surface area contributed by atoms with Crippen molar-refractivity contribution >= 4 is 11.6 Å². The van der Waals surface area contributed by atoms with Crippen molar-refractivity contribution in [3.05, 3.63) is 58.7 Å². The Morgan fingerprint density at radius 2 is 2.04 bits per heavy atom. The highest BCUT2D eigenvalue weighted by atomic mass is 16.5. The second kappa shape index (κ2) is 8.76. The van der Waals surface area contributed by atoms with E-state index in [9.17, 15) is 9.90 Å². The zero-order chi connectivity index (χ0) is 20.3. The maximum atomic E-state index is 11.5. The number of likely N-dealkylation sites (tertiary alicyclic amines) is 1. The van der Waals surface area contributed by atoms with E-state index >= 15 is 0 Å². The number of ether oxygens (including phenoxy) is 1. The molecule has 150 valence electrons. The number of methoxy groups -OCH3 is 1. The predicted molar refractivity (Wildman–Crippen MR) is 112 cm³/mol. The Balaban J connectivity index is 1.76. The molecule has 5 heteroatoms. The van der Waals surface area contributed by atoms with Crippen LogP contribution >= 0.6 is 0 Å². The summed E-state index contributed by atoms with van der Waals surface area (Å²) in [6, 6.07) is 12.4. The fraction of sp³-hybridized carbons (Fsp3) is 0.435. The number of anilines is 1. The first-order valence-electron chi connectivity index (χ1n) is 9.84. The number of nitrogens with zero attached hydrogens (tertiary/aromatic N) is 1. The van der Waals surface area contributed by atoms with E-state index in [0.29, 0.717) is 24.0 Å². The van der Waals surface area contributed by atoms with Crippen LogP contribution in [0.2, 0.25) is 0 Å². The average molecular weight is 383 g/mol. The summed E-state index contributed by atoms with van der Waals surface area (Å²) in [6.07, 6.45) is 1.60. The molecule has 2 aromatic carbocycles. The number of aryl methyl sites for hydroxylation is 2. The van der Waals surface area contributed by atoms with E-state index in [1.807, 2.05) is 6.07 Å². The van der Waals surface area contributed by atoms with Gasteiger partial charge in [0.25, 0.3) is 0 Å². The third-order valence-corrected chi connectivity index (χ3v) is 5.61. The van der Waals surface area contributed by atoms with E-state index in [0.717, 1.165) is 24.9 Å². The molecule has 3 rings (SSSR count). The van der Waals surface area contributed by atoms with Gasteiger partial charge in [0.2, 0.25) is 5.91 Å². The lowest BCUT2D eigenvalue weighted by Crippen LogP contribution is -2.28. The van der Waals surface area contributed by atoms with Gasteiger partial charge < -0.3 is 15.2 Å². The van der Waals surface area contributed by atoms with Crippen molar-refractivity contribution < 1.29 is 14.6 Å². The molecule has 1 heterocycles. The van der Waals surface area contributed by atoms with Crippen molar-refractivity contribution in [3.63, 3.8) is 0 Å². The van der Waals surface area contributed by atoms with E-state index in [-0.39, 0.29) is 5.91 Å². The van der Waals surface area contributed by atoms with Crippen molar-refractivity contribution in [1.82, 2.24) is 4.90 Å². The highest BCUT2D eigenvalue weighted by molar-refractivity contribution is 5.90. The Bertz CT molecular complexity index is 850. The molecule has 1 saturated heterocycles. The summed E-state index contributed by atoms with van der Waals surface area (Å²) >= 11 is 0. The lowest BCUT2D eigenvalue weighted by atomic mass is 9.99. The number of carbonyl (C=O) groups excluding carboxylic acids is 1. The van der Waals surface area contributed by atoms with E-state index in [1.54, 1.807) is 19.2 Å². The largest absolute Gasteiger partial charge is 0.495 e. The second-order valence-electron chi connectivity index (χ2n) is 7.65. The Labute approximate surface area is 167 Å². The number of rotatable bonds is 6. The van der Waals surface area contributed by atoms with Crippen molar-refractivity contribution in [1.29, 1.82) is 0 Å². The maximum absolute atomic E-state index is 11.5. The Morgan fingerprint density at radius 3 is 2.71 bits per heavy atom. The van der Waals surface area contributed by atoms with Gasteiger partial charge in [0.15, 0.2) is 0 Å². The van der Waals surface area contributed by atoms with Crippen molar-refractivity contribution in [3.8, 4) is 5.75 Å². The van der Waals surface area contributed by atoms with Crippen molar-refractivity contribution in [2.45, 2.75) is 45.8 Å². The normalized spacial score (nSPS) is 18.1. The summed E-state index contributed by atoms with van der Waals surface area (Å²) in [7, 11) is 1.56. The molecule has 2 aromatic rings. The zero-order valence-corrected chi connectivity index (χ0v) is 17.2. The van der Waals surface area contributed by atoms with Gasteiger partial charge in [0, 0.05) is 19.5 Å². The molecule has 0 bridgehead atoms. The van der Waals surface area contributed by atoms with Gasteiger partial charge in [-0.2, -0.15) is 0 Å². The first kappa shape index (κ1) is 20.4. The number of hydrogen-bond donors (Lipinski definition) is 2. The van der Waals surface area contributed by atoms with Crippen LogP contribution in [0.4, 0.5) is 5.69 Å². The molecule has 0 aliphatic carbocycles. The molecule has 0 aromatic heterocycles. The minimum absolute atomic E-state index is 0.167. The van der Waals surface area contributed by atoms with Crippen molar-refractivity contribution in [2.24, 2.45) is 0 Å². The molecule has 2 atom stereocenters. The molecule has 2 N–H and O–H groups in total. The number of aliphatic hydroxyl groups is 1. The van der Waals surface area contributed by atoms with E-state index < -0.39 is 6.10 Å². The number of β-amino-alcohol motifs (C(OH)–C–C–N with tert-alkyl or cyclic N) is 1. The second-order valence-corrected chi connectivity index (χ2v) is 7.65. The van der Waals surface area contributed by atoms with Crippen LogP contribution in [0.1, 0.15) is 54.2 Å². The Morgan fingerprint density at radius 1 is 1.25 bits per heavy atom. The molecule has 28 heavy (non-hydrogen) atoms. The number of benzene rings is 2. The van der Waals surface area contributed by atoms with Gasteiger partial charge in [0.05, 0.1) is 18.9 Å². The average Bonchev–Trinajstić information content (AvgIpc) is 3.11. The molecular weight excluding hydrogens is 352 g/mol. The number of amides is 1. The zero-order valence-electron chi connectivity index (χ0n) is 17.2. The van der Waals surface area contributed by atoms with Gasteiger partial charge in [-0.3, -0.25) is 9.69 Å². The van der Waals surface area contributed by atoms with Crippen LogP contribution in [0.15, 0.2) is 36.4 Å². The lowest BCUT2D eigenvalue weighted by molar-refractivity contribution is -0.114. The van der Waals surface area contributed by atoms with E-state index in [1.165, 1.54) is 23.6 Å². The summed E-state index contributed by atoms with van der Waals surface area (Å²) in [4.78, 5) is 13.8. The molecule has 5 nitrogen and oxygen atoms in total. The monoisotopic (exact) mass is 382 g/mol. The van der Waals surface area contributed by atoms with Crippen LogP contribution in [0.3, 0.4) is 0 Å². The molecule has 1 amide bonds. The third-order valence-electron chi connectivity index (χ3n) is 5.61. The summed E-state index contributed by atoms with van der Waals surface area (Å²) in [5.41, 5.74) is 5.28. The highest BCUT2D eigenvalue weighted by Gasteiger charge is 2.28. The third kappa shape index (κ3) is 4.54. The highest BCUT2D eigenvalue weighted by Crippen LogP contribution is 2.35. The lowest BCUT2D eigenvalue weighted by Gasteiger charge is -2.28. The summed E-state index contributed by atoms with van der Waals surface area (Å²) in [6.45, 7) is 7.27. The summed E-state index contributed by atoms with van der Waals surface area (Å²) < 4.78 is 5.30. The Kier molecular flexibility index (Phi) is 6.37. The van der Waals surface area contributed by atoms with Crippen LogP contribution in [-0.2, 0) is 4.79 Å². The van der Waals surface area contributed by atoms with Crippen molar-refractivity contribution in [2.75, 3.05) is 25.5 Å². The fourth-order valence-corrected chi connectivity index (χ4v) is 3.94. The van der Waals surface area contributed by atoms with Crippen LogP contribution in [0.5, 0.6) is 5.75 Å². The van der Waals surface area contributed by atoms with E-state index in [4.69, 9.17) is 4.74 Å². The molecule has 0 spiro atoms. The smallest absolute Gasteiger partial charge is 0.221 e. The molecule has 1 aliphatic heterocycles. The standard InChI is InChI=1S/C23H30N2O3/c1-15-7-8-18(12-16(15)2)21-6-5-11-25(21)14-22(27)19-9-10-23(28-4)20(13-19)24-17(3)26/h7-10,12-13,21-22,27H,5-6,11,14H2,1-4H3,(H,24,26)/t21-,22-/m1/s1. The van der Waals surface area contributed by atoms with Crippen LogP contribution < -0.4 is 10.1 Å². The van der Waals surface area contributed by atoms with Gasteiger partial charge in [-0.15, -0.1) is 0 Å². The minimum atomic E-state index is -0.634. The first-order chi connectivity index (χ1) is 13.4. The fourth-order valence-electron chi connectivity index (χ4n) is 3.94. The number of aliphatic hydroxyl groups excluding tert-OH is 1. The van der Waals surface area contributed by atoms with Gasteiger partial charge >= 0.3 is 0 Å². The molecular formula is C23H30N2O3. The Hall–Kier alpha value is -2.37. The first-order valence-corrected chi connectivity index (χ1v) is 9.84. The topological polar surface area (TPSA) is 61.8 Å². The number of nitrogens with one attached hydrogen (secondary N) is 1. The summed E-state index contributed by atoms with van der Waals surface area (Å²) in [5.74, 6) is 0.416. The van der Waals surface area contributed by atoms with Gasteiger partial charge in [-0.25, -0.2) is 0 Å². The molecule has 1 fully saturated rings. The molecule has 0 radical (unpaired) electrons. The van der Waals surface area contributed by atoms with Gasteiger partial charge in [0.1, 0.15) is 5.75 Å².